The smallest absolute Gasteiger partial charge is 0.320 e. The Morgan fingerprint density at radius 1 is 1.04 bits per heavy atom. The molecule has 3 aromatic rings. The van der Waals surface area contributed by atoms with Gasteiger partial charge in [-0.25, -0.2) is 9.78 Å². The minimum atomic E-state index is -0.270. The van der Waals surface area contributed by atoms with Gasteiger partial charge in [0, 0.05) is 19.6 Å². The Morgan fingerprint density at radius 2 is 1.79 bits per heavy atom. The number of aromatic nitrogens is 4. The number of imidazole rings is 1. The van der Waals surface area contributed by atoms with E-state index in [1.54, 1.807) is 10.9 Å². The first-order chi connectivity index (χ1) is 11.7. The third kappa shape index (κ3) is 2.79. The van der Waals surface area contributed by atoms with Crippen LogP contribution in [0.1, 0.15) is 32.3 Å². The lowest BCUT2D eigenvalue weighted by molar-refractivity contribution is 0.560. The minimum Gasteiger partial charge on any atom is -0.320 e. The molecule has 0 saturated carbocycles. The zero-order valence-electron chi connectivity index (χ0n) is 14.1. The first-order valence-electron chi connectivity index (χ1n) is 8.39. The maximum Gasteiger partial charge on any atom is 0.332 e. The Kier molecular flexibility index (Phi) is 4.64. The Labute approximate surface area is 140 Å². The van der Waals surface area contributed by atoms with E-state index in [-0.39, 0.29) is 11.2 Å². The molecule has 2 aromatic heterocycles. The Morgan fingerprint density at radius 3 is 2.46 bits per heavy atom. The van der Waals surface area contributed by atoms with Crippen LogP contribution in [0.25, 0.3) is 11.2 Å². The Bertz CT molecular complexity index is 951. The molecule has 0 atom stereocenters. The molecule has 0 amide bonds. The number of hydrogen-bond acceptors (Lipinski definition) is 3. The number of aryl methyl sites for hydroxylation is 1. The average Bonchev–Trinajstić information content (AvgIpc) is 3.00. The maximum atomic E-state index is 12.8. The van der Waals surface area contributed by atoms with E-state index < -0.39 is 0 Å². The molecule has 0 aliphatic rings. The highest BCUT2D eigenvalue weighted by Gasteiger charge is 2.17. The van der Waals surface area contributed by atoms with Gasteiger partial charge in [-0.1, -0.05) is 43.7 Å². The molecule has 0 N–H and O–H groups in total. The molecular formula is C18H22N4O2. The van der Waals surface area contributed by atoms with Gasteiger partial charge >= 0.3 is 5.69 Å². The van der Waals surface area contributed by atoms with Crippen molar-refractivity contribution in [3.05, 3.63) is 63.1 Å². The summed E-state index contributed by atoms with van der Waals surface area (Å²) in [6, 6.07) is 9.92. The van der Waals surface area contributed by atoms with Crippen LogP contribution < -0.4 is 11.2 Å². The number of benzene rings is 1. The molecule has 1 aromatic carbocycles. The van der Waals surface area contributed by atoms with Gasteiger partial charge in [0.25, 0.3) is 5.56 Å². The van der Waals surface area contributed by atoms with Crippen molar-refractivity contribution >= 4 is 11.2 Å². The molecule has 0 aliphatic heterocycles. The van der Waals surface area contributed by atoms with Crippen molar-refractivity contribution in [1.29, 1.82) is 0 Å². The van der Waals surface area contributed by atoms with Crippen molar-refractivity contribution in [3.63, 3.8) is 0 Å². The molecule has 126 valence electrons. The van der Waals surface area contributed by atoms with Crippen molar-refractivity contribution < 1.29 is 0 Å². The van der Waals surface area contributed by atoms with E-state index >= 15 is 0 Å². The van der Waals surface area contributed by atoms with E-state index in [0.717, 1.165) is 18.4 Å². The summed E-state index contributed by atoms with van der Waals surface area (Å²) in [5, 5.41) is 0. The highest BCUT2D eigenvalue weighted by atomic mass is 16.2. The van der Waals surface area contributed by atoms with Crippen LogP contribution >= 0.6 is 0 Å². The molecule has 0 saturated heterocycles. The highest BCUT2D eigenvalue weighted by Crippen LogP contribution is 2.11. The van der Waals surface area contributed by atoms with Gasteiger partial charge in [0.15, 0.2) is 11.2 Å². The van der Waals surface area contributed by atoms with Crippen LogP contribution in [0.4, 0.5) is 0 Å². The lowest BCUT2D eigenvalue weighted by Crippen LogP contribution is -2.40. The average molecular weight is 326 g/mol. The Hall–Kier alpha value is -2.63. The molecule has 0 aliphatic carbocycles. The predicted molar refractivity (Wildman–Crippen MR) is 94.4 cm³/mol. The largest absolute Gasteiger partial charge is 0.332 e. The van der Waals surface area contributed by atoms with Gasteiger partial charge in [0.2, 0.25) is 0 Å². The van der Waals surface area contributed by atoms with E-state index in [1.165, 1.54) is 4.57 Å². The summed E-state index contributed by atoms with van der Waals surface area (Å²) in [6.07, 6.45) is 3.51. The first-order valence-corrected chi connectivity index (χ1v) is 8.39. The van der Waals surface area contributed by atoms with Crippen molar-refractivity contribution in [3.8, 4) is 0 Å². The van der Waals surface area contributed by atoms with E-state index in [9.17, 15) is 9.59 Å². The van der Waals surface area contributed by atoms with Crippen molar-refractivity contribution in [2.24, 2.45) is 0 Å². The molecule has 24 heavy (non-hydrogen) atoms. The summed E-state index contributed by atoms with van der Waals surface area (Å²) in [4.78, 5) is 29.7. The van der Waals surface area contributed by atoms with E-state index in [1.807, 2.05) is 41.8 Å². The van der Waals surface area contributed by atoms with Crippen LogP contribution in [0.2, 0.25) is 0 Å². The number of unbranched alkanes of at least 4 members (excludes halogenated alkanes) is 1. The number of rotatable bonds is 6. The molecular weight excluding hydrogens is 304 g/mol. The summed E-state index contributed by atoms with van der Waals surface area (Å²) in [7, 11) is 0. The van der Waals surface area contributed by atoms with Crippen molar-refractivity contribution in [1.82, 2.24) is 18.7 Å². The molecule has 0 fully saturated rings. The monoisotopic (exact) mass is 326 g/mol. The zero-order valence-corrected chi connectivity index (χ0v) is 14.1. The fourth-order valence-corrected chi connectivity index (χ4v) is 2.94. The summed E-state index contributed by atoms with van der Waals surface area (Å²) in [6.45, 7) is 5.38. The number of hydrogen-bond donors (Lipinski definition) is 0. The van der Waals surface area contributed by atoms with Crippen LogP contribution in [0.3, 0.4) is 0 Å². The second-order valence-electron chi connectivity index (χ2n) is 5.87. The van der Waals surface area contributed by atoms with Gasteiger partial charge in [-0.05, 0) is 18.9 Å². The second kappa shape index (κ2) is 6.86. The molecule has 0 unspecified atom stereocenters. The van der Waals surface area contributed by atoms with Crippen LogP contribution in [-0.2, 0) is 19.6 Å². The second-order valence-corrected chi connectivity index (χ2v) is 5.87. The summed E-state index contributed by atoms with van der Waals surface area (Å²) < 4.78 is 4.76. The topological polar surface area (TPSA) is 61.8 Å². The van der Waals surface area contributed by atoms with Gasteiger partial charge in [-0.2, -0.15) is 0 Å². The van der Waals surface area contributed by atoms with E-state index in [4.69, 9.17) is 0 Å². The predicted octanol–water partition coefficient (Wildman–Crippen LogP) is 2.23. The zero-order chi connectivity index (χ0) is 17.1. The highest BCUT2D eigenvalue weighted by molar-refractivity contribution is 5.70. The standard InChI is InChI=1S/C18H22N4O2/c1-3-5-11-22-16-15(17(23)21(4-2)18(22)24)20(13-19-16)12-14-9-7-6-8-10-14/h6-10,13H,3-5,11-12H2,1-2H3. The maximum absolute atomic E-state index is 12.8. The van der Waals surface area contributed by atoms with Crippen molar-refractivity contribution in [2.75, 3.05) is 0 Å². The summed E-state index contributed by atoms with van der Waals surface area (Å²) in [5.74, 6) is 0. The van der Waals surface area contributed by atoms with Gasteiger partial charge in [-0.3, -0.25) is 13.9 Å². The fraction of sp³-hybridized carbons (Fsp3) is 0.389. The molecule has 6 heteroatoms. The van der Waals surface area contributed by atoms with Crippen LogP contribution in [0.15, 0.2) is 46.2 Å². The summed E-state index contributed by atoms with van der Waals surface area (Å²) in [5.41, 5.74) is 1.54. The van der Waals surface area contributed by atoms with Gasteiger partial charge in [0.05, 0.1) is 6.33 Å². The van der Waals surface area contributed by atoms with E-state index in [2.05, 4.69) is 11.9 Å². The molecule has 3 rings (SSSR count). The number of nitrogens with zero attached hydrogens (tertiary/aromatic N) is 4. The third-order valence-corrected chi connectivity index (χ3v) is 4.23. The van der Waals surface area contributed by atoms with E-state index in [0.29, 0.717) is 30.8 Å². The normalized spacial score (nSPS) is 11.2. The van der Waals surface area contributed by atoms with Crippen LogP contribution in [0, 0.1) is 0 Å². The van der Waals surface area contributed by atoms with Crippen LogP contribution in [0.5, 0.6) is 0 Å². The molecule has 0 spiro atoms. The van der Waals surface area contributed by atoms with Crippen molar-refractivity contribution in [2.45, 2.75) is 46.3 Å². The molecule has 6 nitrogen and oxygen atoms in total. The fourth-order valence-electron chi connectivity index (χ4n) is 2.94. The molecule has 0 bridgehead atoms. The lowest BCUT2D eigenvalue weighted by atomic mass is 10.2. The van der Waals surface area contributed by atoms with Gasteiger partial charge in [0.1, 0.15) is 0 Å². The quantitative estimate of drug-likeness (QED) is 0.698. The summed E-state index contributed by atoms with van der Waals surface area (Å²) >= 11 is 0. The molecule has 0 radical (unpaired) electrons. The SMILES string of the molecule is CCCCn1c(=O)n(CC)c(=O)c2c1ncn2Cc1ccccc1. The van der Waals surface area contributed by atoms with Gasteiger partial charge in [-0.15, -0.1) is 0 Å². The van der Waals surface area contributed by atoms with Gasteiger partial charge < -0.3 is 4.57 Å². The lowest BCUT2D eigenvalue weighted by Gasteiger charge is -2.11. The number of fused-ring (bicyclic) bond motifs is 1. The third-order valence-electron chi connectivity index (χ3n) is 4.23. The van der Waals surface area contributed by atoms with Crippen LogP contribution in [-0.4, -0.2) is 18.7 Å². The minimum absolute atomic E-state index is 0.265. The molecule has 2 heterocycles. The first kappa shape index (κ1) is 16.2. The Balaban J connectivity index is 2.20.